The summed E-state index contributed by atoms with van der Waals surface area (Å²) in [4.78, 5) is 0. The fourth-order valence-electron chi connectivity index (χ4n) is 2.64. The molecule has 0 atom stereocenters. The van der Waals surface area contributed by atoms with E-state index in [1.165, 1.54) is 0 Å². The smallest absolute Gasteiger partial charge is 0.131 e. The van der Waals surface area contributed by atoms with Crippen molar-refractivity contribution >= 4 is 10.8 Å². The summed E-state index contributed by atoms with van der Waals surface area (Å²) in [6.07, 6.45) is 0.125. The van der Waals surface area contributed by atoms with Crippen molar-refractivity contribution < 1.29 is 14.6 Å². The van der Waals surface area contributed by atoms with Gasteiger partial charge < -0.3 is 14.6 Å². The molecule has 0 aliphatic heterocycles. The summed E-state index contributed by atoms with van der Waals surface area (Å²) in [7, 11) is 1.64. The zero-order valence-corrected chi connectivity index (χ0v) is 13.5. The second kappa shape index (κ2) is 6.21. The summed E-state index contributed by atoms with van der Waals surface area (Å²) in [6.45, 7) is 3.99. The van der Waals surface area contributed by atoms with Crippen molar-refractivity contribution in [2.75, 3.05) is 7.11 Å². The van der Waals surface area contributed by atoms with Gasteiger partial charge in [0.25, 0.3) is 0 Å². The Labute approximate surface area is 136 Å². The Morgan fingerprint density at radius 3 is 2.22 bits per heavy atom. The first-order valence-electron chi connectivity index (χ1n) is 7.65. The fraction of sp³-hybridized carbons (Fsp3) is 0.200. The Hall–Kier alpha value is -2.68. The predicted octanol–water partition coefficient (Wildman–Crippen LogP) is 5.01. The SMILES string of the molecule is COc1ccc(-c2ccc3cc(OC(C)C)ccc3c2O)cc1. The van der Waals surface area contributed by atoms with Crippen LogP contribution in [0, 0.1) is 0 Å². The molecule has 3 aromatic carbocycles. The minimum Gasteiger partial charge on any atom is -0.507 e. The first kappa shape index (κ1) is 15.2. The van der Waals surface area contributed by atoms with Crippen LogP contribution in [0.25, 0.3) is 21.9 Å². The lowest BCUT2D eigenvalue weighted by molar-refractivity contribution is 0.243. The summed E-state index contributed by atoms with van der Waals surface area (Å²) in [5.74, 6) is 1.89. The van der Waals surface area contributed by atoms with Gasteiger partial charge in [0.2, 0.25) is 0 Å². The maximum atomic E-state index is 10.6. The molecule has 3 nitrogen and oxygen atoms in total. The van der Waals surface area contributed by atoms with Gasteiger partial charge in [0.05, 0.1) is 13.2 Å². The highest BCUT2D eigenvalue weighted by Crippen LogP contribution is 2.37. The minimum absolute atomic E-state index is 0.125. The molecular weight excluding hydrogens is 288 g/mol. The Morgan fingerprint density at radius 1 is 0.870 bits per heavy atom. The van der Waals surface area contributed by atoms with Crippen LogP contribution in [0.15, 0.2) is 54.6 Å². The highest BCUT2D eigenvalue weighted by Gasteiger charge is 2.10. The molecular formula is C20H20O3. The molecule has 0 aromatic heterocycles. The molecule has 0 saturated carbocycles. The van der Waals surface area contributed by atoms with Crippen LogP contribution in [0.5, 0.6) is 17.2 Å². The quantitative estimate of drug-likeness (QED) is 0.736. The van der Waals surface area contributed by atoms with Gasteiger partial charge in [-0.05, 0) is 55.1 Å². The third kappa shape index (κ3) is 3.09. The zero-order chi connectivity index (χ0) is 16.4. The predicted molar refractivity (Wildman–Crippen MR) is 93.4 cm³/mol. The number of methoxy groups -OCH3 is 1. The van der Waals surface area contributed by atoms with E-state index in [-0.39, 0.29) is 11.9 Å². The largest absolute Gasteiger partial charge is 0.507 e. The maximum Gasteiger partial charge on any atom is 0.131 e. The summed E-state index contributed by atoms with van der Waals surface area (Å²) in [6, 6.07) is 17.3. The number of ether oxygens (including phenoxy) is 2. The summed E-state index contributed by atoms with van der Waals surface area (Å²) < 4.78 is 10.9. The number of aromatic hydroxyl groups is 1. The van der Waals surface area contributed by atoms with E-state index in [9.17, 15) is 5.11 Å². The number of rotatable bonds is 4. The number of phenols is 1. The first-order valence-corrected chi connectivity index (χ1v) is 7.65. The van der Waals surface area contributed by atoms with Crippen LogP contribution < -0.4 is 9.47 Å². The molecule has 0 saturated heterocycles. The van der Waals surface area contributed by atoms with Gasteiger partial charge in [-0.25, -0.2) is 0 Å². The highest BCUT2D eigenvalue weighted by atomic mass is 16.5. The molecule has 0 amide bonds. The van der Waals surface area contributed by atoms with Gasteiger partial charge in [0.15, 0.2) is 0 Å². The molecule has 118 valence electrons. The van der Waals surface area contributed by atoms with Crippen molar-refractivity contribution in [2.24, 2.45) is 0 Å². The zero-order valence-electron chi connectivity index (χ0n) is 13.5. The van der Waals surface area contributed by atoms with Crippen LogP contribution in [0.1, 0.15) is 13.8 Å². The van der Waals surface area contributed by atoms with E-state index in [1.807, 2.05) is 68.4 Å². The molecule has 0 unspecified atom stereocenters. The van der Waals surface area contributed by atoms with Crippen molar-refractivity contribution in [3.63, 3.8) is 0 Å². The van der Waals surface area contributed by atoms with Crippen LogP contribution in [-0.4, -0.2) is 18.3 Å². The Bertz CT molecular complexity index is 820. The molecule has 0 radical (unpaired) electrons. The van der Waals surface area contributed by atoms with Crippen LogP contribution in [0.2, 0.25) is 0 Å². The average molecular weight is 308 g/mol. The lowest BCUT2D eigenvalue weighted by Crippen LogP contribution is -2.05. The van der Waals surface area contributed by atoms with Gasteiger partial charge in [-0.2, -0.15) is 0 Å². The molecule has 0 spiro atoms. The van der Waals surface area contributed by atoms with Crippen molar-refractivity contribution in [1.29, 1.82) is 0 Å². The maximum absolute atomic E-state index is 10.6. The molecule has 23 heavy (non-hydrogen) atoms. The molecule has 0 bridgehead atoms. The van der Waals surface area contributed by atoms with Crippen molar-refractivity contribution in [3.05, 3.63) is 54.6 Å². The molecule has 0 aliphatic carbocycles. The number of fused-ring (bicyclic) bond motifs is 1. The second-order valence-corrected chi connectivity index (χ2v) is 5.74. The second-order valence-electron chi connectivity index (χ2n) is 5.74. The topological polar surface area (TPSA) is 38.7 Å². The lowest BCUT2D eigenvalue weighted by Gasteiger charge is -2.12. The van der Waals surface area contributed by atoms with Gasteiger partial charge in [-0.3, -0.25) is 0 Å². The summed E-state index contributed by atoms with van der Waals surface area (Å²) in [5.41, 5.74) is 1.75. The van der Waals surface area contributed by atoms with Crippen LogP contribution in [0.3, 0.4) is 0 Å². The van der Waals surface area contributed by atoms with Gasteiger partial charge in [0.1, 0.15) is 17.2 Å². The number of hydrogen-bond acceptors (Lipinski definition) is 3. The Morgan fingerprint density at radius 2 is 1.57 bits per heavy atom. The average Bonchev–Trinajstić information content (AvgIpc) is 2.55. The van der Waals surface area contributed by atoms with Crippen molar-refractivity contribution in [3.8, 4) is 28.4 Å². The standard InChI is InChI=1S/C20H20O3/c1-13(2)23-17-9-11-19-15(12-17)6-10-18(20(19)21)14-4-7-16(22-3)8-5-14/h4-13,21H,1-3H3. The highest BCUT2D eigenvalue weighted by molar-refractivity contribution is 5.95. The molecule has 3 heteroatoms. The van der Waals surface area contributed by atoms with E-state index in [4.69, 9.17) is 9.47 Å². The number of hydrogen-bond donors (Lipinski definition) is 1. The molecule has 1 N–H and O–H groups in total. The van der Waals surface area contributed by atoms with E-state index >= 15 is 0 Å². The Kier molecular flexibility index (Phi) is 4.11. The number of benzene rings is 3. The summed E-state index contributed by atoms with van der Waals surface area (Å²) in [5, 5.41) is 12.4. The van der Waals surface area contributed by atoms with E-state index in [2.05, 4.69) is 0 Å². The van der Waals surface area contributed by atoms with Crippen LogP contribution >= 0.6 is 0 Å². The van der Waals surface area contributed by atoms with E-state index in [0.717, 1.165) is 33.4 Å². The molecule has 0 aliphatic rings. The monoisotopic (exact) mass is 308 g/mol. The van der Waals surface area contributed by atoms with Crippen molar-refractivity contribution in [1.82, 2.24) is 0 Å². The van der Waals surface area contributed by atoms with Crippen molar-refractivity contribution in [2.45, 2.75) is 20.0 Å². The molecule has 3 aromatic rings. The third-order valence-electron chi connectivity index (χ3n) is 3.74. The fourth-order valence-corrected chi connectivity index (χ4v) is 2.64. The van der Waals surface area contributed by atoms with Crippen LogP contribution in [0.4, 0.5) is 0 Å². The summed E-state index contributed by atoms with van der Waals surface area (Å²) >= 11 is 0. The molecule has 0 heterocycles. The third-order valence-corrected chi connectivity index (χ3v) is 3.74. The van der Waals surface area contributed by atoms with E-state index in [1.54, 1.807) is 7.11 Å². The van der Waals surface area contributed by atoms with Gasteiger partial charge >= 0.3 is 0 Å². The lowest BCUT2D eigenvalue weighted by atomic mass is 9.99. The normalized spacial score (nSPS) is 11.0. The number of phenolic OH excluding ortho intramolecular Hbond substituents is 1. The van der Waals surface area contributed by atoms with Gasteiger partial charge in [-0.15, -0.1) is 0 Å². The van der Waals surface area contributed by atoms with Gasteiger partial charge in [0, 0.05) is 10.9 Å². The molecule has 0 fully saturated rings. The van der Waals surface area contributed by atoms with Gasteiger partial charge in [-0.1, -0.05) is 24.3 Å². The van der Waals surface area contributed by atoms with E-state index in [0.29, 0.717) is 0 Å². The Balaban J connectivity index is 2.04. The first-order chi connectivity index (χ1) is 11.1. The van der Waals surface area contributed by atoms with Crippen LogP contribution in [-0.2, 0) is 0 Å². The molecule has 3 rings (SSSR count). The van der Waals surface area contributed by atoms with E-state index < -0.39 is 0 Å². The minimum atomic E-state index is 0.125.